The van der Waals surface area contributed by atoms with Crippen LogP contribution in [0, 0.1) is 5.92 Å². The highest BCUT2D eigenvalue weighted by molar-refractivity contribution is 4.83. The Kier molecular flexibility index (Phi) is 4.02. The van der Waals surface area contributed by atoms with E-state index in [1.165, 1.54) is 32.1 Å². The van der Waals surface area contributed by atoms with E-state index in [1.54, 1.807) is 0 Å². The van der Waals surface area contributed by atoms with Gasteiger partial charge < -0.3 is 11.5 Å². The summed E-state index contributed by atoms with van der Waals surface area (Å²) in [6.45, 7) is 2.12. The summed E-state index contributed by atoms with van der Waals surface area (Å²) in [5, 5.41) is 0. The van der Waals surface area contributed by atoms with E-state index < -0.39 is 0 Å². The Morgan fingerprint density at radius 3 is 2.25 bits per heavy atom. The largest absolute Gasteiger partial charge is 0.326 e. The molecule has 0 aromatic heterocycles. The third-order valence-corrected chi connectivity index (χ3v) is 3.16. The average molecular weight is 170 g/mol. The second kappa shape index (κ2) is 4.83. The number of rotatable bonds is 3. The molecule has 0 radical (unpaired) electrons. The van der Waals surface area contributed by atoms with Crippen LogP contribution in [0.5, 0.6) is 0 Å². The minimum absolute atomic E-state index is 0.216. The first kappa shape index (κ1) is 10.0. The normalized spacial score (nSPS) is 25.2. The molecule has 0 heterocycles. The van der Waals surface area contributed by atoms with Crippen molar-refractivity contribution in [3.63, 3.8) is 0 Å². The van der Waals surface area contributed by atoms with Crippen LogP contribution in [0.15, 0.2) is 0 Å². The van der Waals surface area contributed by atoms with E-state index in [-0.39, 0.29) is 12.1 Å². The van der Waals surface area contributed by atoms with Crippen LogP contribution >= 0.6 is 0 Å². The Morgan fingerprint density at radius 2 is 1.75 bits per heavy atom. The molecule has 2 atom stereocenters. The quantitative estimate of drug-likeness (QED) is 0.676. The van der Waals surface area contributed by atoms with E-state index in [2.05, 4.69) is 6.92 Å². The third kappa shape index (κ3) is 2.46. The summed E-state index contributed by atoms with van der Waals surface area (Å²) in [4.78, 5) is 0. The molecule has 1 aliphatic carbocycles. The van der Waals surface area contributed by atoms with Gasteiger partial charge in [0.1, 0.15) is 0 Å². The van der Waals surface area contributed by atoms with Gasteiger partial charge in [0.2, 0.25) is 0 Å². The maximum absolute atomic E-state index is 6.08. The lowest BCUT2D eigenvalue weighted by molar-refractivity contribution is 0.274. The minimum atomic E-state index is 0.216. The van der Waals surface area contributed by atoms with Gasteiger partial charge in [0.15, 0.2) is 0 Å². The molecule has 0 spiro atoms. The van der Waals surface area contributed by atoms with Crippen molar-refractivity contribution < 1.29 is 0 Å². The monoisotopic (exact) mass is 170 g/mol. The van der Waals surface area contributed by atoms with Crippen molar-refractivity contribution >= 4 is 0 Å². The van der Waals surface area contributed by atoms with Crippen molar-refractivity contribution in [1.82, 2.24) is 0 Å². The maximum Gasteiger partial charge on any atom is 0.0220 e. The fourth-order valence-electron chi connectivity index (χ4n) is 2.14. The summed E-state index contributed by atoms with van der Waals surface area (Å²) in [6.07, 6.45) is 7.72. The maximum atomic E-state index is 6.08. The number of hydrogen-bond donors (Lipinski definition) is 2. The lowest BCUT2D eigenvalue weighted by atomic mass is 9.81. The van der Waals surface area contributed by atoms with Crippen LogP contribution in [0.4, 0.5) is 0 Å². The molecule has 0 bridgehead atoms. The molecule has 1 rings (SSSR count). The molecule has 72 valence electrons. The van der Waals surface area contributed by atoms with Crippen LogP contribution in [0.25, 0.3) is 0 Å². The van der Waals surface area contributed by atoms with Crippen molar-refractivity contribution in [2.45, 2.75) is 57.5 Å². The predicted octanol–water partition coefficient (Wildman–Crippen LogP) is 1.63. The van der Waals surface area contributed by atoms with E-state index in [0.717, 1.165) is 6.42 Å². The molecule has 0 aromatic rings. The Hall–Kier alpha value is -0.0800. The van der Waals surface area contributed by atoms with Crippen LogP contribution in [-0.2, 0) is 0 Å². The first-order valence-electron chi connectivity index (χ1n) is 5.27. The van der Waals surface area contributed by atoms with Crippen molar-refractivity contribution in [3.8, 4) is 0 Å². The zero-order chi connectivity index (χ0) is 8.97. The fraction of sp³-hybridized carbons (Fsp3) is 1.00. The number of nitrogens with two attached hydrogens (primary N) is 2. The van der Waals surface area contributed by atoms with Crippen LogP contribution in [0.1, 0.15) is 45.4 Å². The summed E-state index contributed by atoms with van der Waals surface area (Å²) < 4.78 is 0. The van der Waals surface area contributed by atoms with Crippen LogP contribution in [0.3, 0.4) is 0 Å². The zero-order valence-electron chi connectivity index (χ0n) is 8.13. The summed E-state index contributed by atoms with van der Waals surface area (Å²) in [5.74, 6) is 0.702. The first-order chi connectivity index (χ1) is 5.75. The molecule has 2 heteroatoms. The molecule has 0 aromatic carbocycles. The SMILES string of the molecule is CC[C@H](N)[C@@H](N)C1CCCCC1. The average Bonchev–Trinajstić information content (AvgIpc) is 2.17. The predicted molar refractivity (Wildman–Crippen MR) is 52.8 cm³/mol. The van der Waals surface area contributed by atoms with E-state index in [1.807, 2.05) is 0 Å². The molecule has 0 amide bonds. The van der Waals surface area contributed by atoms with Gasteiger partial charge in [-0.25, -0.2) is 0 Å². The van der Waals surface area contributed by atoms with Gasteiger partial charge in [-0.2, -0.15) is 0 Å². The Labute approximate surface area is 75.7 Å². The molecule has 4 N–H and O–H groups in total. The van der Waals surface area contributed by atoms with E-state index >= 15 is 0 Å². The minimum Gasteiger partial charge on any atom is -0.326 e. The van der Waals surface area contributed by atoms with Crippen LogP contribution in [0.2, 0.25) is 0 Å². The molecule has 0 unspecified atom stereocenters. The molecular weight excluding hydrogens is 148 g/mol. The summed E-state index contributed by atoms with van der Waals surface area (Å²) in [5.41, 5.74) is 12.0. The molecule has 0 saturated heterocycles. The smallest absolute Gasteiger partial charge is 0.0220 e. The molecule has 12 heavy (non-hydrogen) atoms. The summed E-state index contributed by atoms with van der Waals surface area (Å²) in [7, 11) is 0. The highest BCUT2D eigenvalue weighted by atomic mass is 14.8. The van der Waals surface area contributed by atoms with Gasteiger partial charge in [0, 0.05) is 12.1 Å². The lowest BCUT2D eigenvalue weighted by Gasteiger charge is -2.30. The Balaban J connectivity index is 2.33. The van der Waals surface area contributed by atoms with Crippen molar-refractivity contribution in [2.24, 2.45) is 17.4 Å². The summed E-state index contributed by atoms with van der Waals surface area (Å²) >= 11 is 0. The van der Waals surface area contributed by atoms with E-state index in [0.29, 0.717) is 5.92 Å². The van der Waals surface area contributed by atoms with Gasteiger partial charge in [-0.15, -0.1) is 0 Å². The van der Waals surface area contributed by atoms with E-state index in [4.69, 9.17) is 11.5 Å². The van der Waals surface area contributed by atoms with Crippen LogP contribution in [-0.4, -0.2) is 12.1 Å². The Morgan fingerprint density at radius 1 is 1.17 bits per heavy atom. The molecular formula is C10H22N2. The zero-order valence-corrected chi connectivity index (χ0v) is 8.13. The molecule has 1 fully saturated rings. The molecule has 1 aliphatic rings. The van der Waals surface area contributed by atoms with E-state index in [9.17, 15) is 0 Å². The highest BCUT2D eigenvalue weighted by Gasteiger charge is 2.23. The van der Waals surface area contributed by atoms with Gasteiger partial charge in [-0.1, -0.05) is 26.2 Å². The third-order valence-electron chi connectivity index (χ3n) is 3.16. The second-order valence-corrected chi connectivity index (χ2v) is 4.05. The van der Waals surface area contributed by atoms with Crippen molar-refractivity contribution in [3.05, 3.63) is 0 Å². The topological polar surface area (TPSA) is 52.0 Å². The number of hydrogen-bond acceptors (Lipinski definition) is 2. The summed E-state index contributed by atoms with van der Waals surface area (Å²) in [6, 6.07) is 0.461. The first-order valence-corrected chi connectivity index (χ1v) is 5.27. The molecule has 2 nitrogen and oxygen atoms in total. The van der Waals surface area contributed by atoms with Gasteiger partial charge >= 0.3 is 0 Å². The molecule has 0 aliphatic heterocycles. The highest BCUT2D eigenvalue weighted by Crippen LogP contribution is 2.26. The molecule has 1 saturated carbocycles. The lowest BCUT2D eigenvalue weighted by Crippen LogP contribution is -2.46. The van der Waals surface area contributed by atoms with Crippen molar-refractivity contribution in [1.29, 1.82) is 0 Å². The standard InChI is InChI=1S/C10H22N2/c1-2-9(11)10(12)8-6-4-3-5-7-8/h8-10H,2-7,11-12H2,1H3/t9-,10-/m0/s1. The fourth-order valence-corrected chi connectivity index (χ4v) is 2.14. The van der Waals surface area contributed by atoms with Gasteiger partial charge in [-0.3, -0.25) is 0 Å². The Bertz CT molecular complexity index is 119. The van der Waals surface area contributed by atoms with Crippen LogP contribution < -0.4 is 11.5 Å². The van der Waals surface area contributed by atoms with Gasteiger partial charge in [0.05, 0.1) is 0 Å². The van der Waals surface area contributed by atoms with Crippen molar-refractivity contribution in [2.75, 3.05) is 0 Å². The van der Waals surface area contributed by atoms with Gasteiger partial charge in [-0.05, 0) is 25.2 Å². The second-order valence-electron chi connectivity index (χ2n) is 4.05. The van der Waals surface area contributed by atoms with Gasteiger partial charge in [0.25, 0.3) is 0 Å².